The van der Waals surface area contributed by atoms with E-state index in [2.05, 4.69) is 0 Å². The van der Waals surface area contributed by atoms with Crippen LogP contribution in [0, 0.1) is 0 Å². The second-order valence-electron chi connectivity index (χ2n) is 4.09. The Labute approximate surface area is 82.5 Å². The first-order valence-electron chi connectivity index (χ1n) is 5.35. The molecule has 2 rings (SSSR count). The molecular formula is C10H18O2S. The SMILES string of the molecule is O=S(CC1CCCO1)C1CCCC1. The number of rotatable bonds is 3. The van der Waals surface area contributed by atoms with Crippen molar-refractivity contribution in [2.45, 2.75) is 49.9 Å². The molecule has 2 aliphatic rings. The van der Waals surface area contributed by atoms with Crippen molar-refractivity contribution < 1.29 is 8.95 Å². The summed E-state index contributed by atoms with van der Waals surface area (Å²) in [5.41, 5.74) is 0. The fraction of sp³-hybridized carbons (Fsp3) is 1.00. The van der Waals surface area contributed by atoms with Crippen LogP contribution >= 0.6 is 0 Å². The predicted octanol–water partition coefficient (Wildman–Crippen LogP) is 1.86. The quantitative estimate of drug-likeness (QED) is 0.698. The molecule has 0 amide bonds. The molecule has 2 atom stereocenters. The zero-order valence-corrected chi connectivity index (χ0v) is 8.85. The summed E-state index contributed by atoms with van der Waals surface area (Å²) in [6.45, 7) is 0.881. The third-order valence-corrected chi connectivity index (χ3v) is 4.96. The van der Waals surface area contributed by atoms with Crippen LogP contribution in [-0.2, 0) is 15.5 Å². The van der Waals surface area contributed by atoms with Gasteiger partial charge >= 0.3 is 0 Å². The van der Waals surface area contributed by atoms with Crippen LogP contribution in [-0.4, -0.2) is 27.9 Å². The van der Waals surface area contributed by atoms with E-state index in [1.165, 1.54) is 25.7 Å². The molecular weight excluding hydrogens is 184 g/mol. The van der Waals surface area contributed by atoms with Crippen LogP contribution in [0.25, 0.3) is 0 Å². The van der Waals surface area contributed by atoms with Crippen molar-refractivity contribution in [3.63, 3.8) is 0 Å². The summed E-state index contributed by atoms with van der Waals surface area (Å²) >= 11 is 0. The van der Waals surface area contributed by atoms with Gasteiger partial charge in [0.2, 0.25) is 0 Å². The van der Waals surface area contributed by atoms with E-state index in [1.54, 1.807) is 0 Å². The summed E-state index contributed by atoms with van der Waals surface area (Å²) in [6.07, 6.45) is 7.51. The molecule has 0 aromatic carbocycles. The molecule has 0 spiro atoms. The number of hydrogen-bond donors (Lipinski definition) is 0. The van der Waals surface area contributed by atoms with Crippen LogP contribution in [0.5, 0.6) is 0 Å². The van der Waals surface area contributed by atoms with E-state index in [0.717, 1.165) is 25.2 Å². The van der Waals surface area contributed by atoms with E-state index in [4.69, 9.17) is 4.74 Å². The van der Waals surface area contributed by atoms with Crippen molar-refractivity contribution in [1.29, 1.82) is 0 Å². The first-order chi connectivity index (χ1) is 6.36. The van der Waals surface area contributed by atoms with Crippen molar-refractivity contribution in [2.24, 2.45) is 0 Å². The minimum atomic E-state index is -0.610. The highest BCUT2D eigenvalue weighted by molar-refractivity contribution is 7.85. The minimum absolute atomic E-state index is 0.307. The Kier molecular flexibility index (Phi) is 3.39. The van der Waals surface area contributed by atoms with Gasteiger partial charge in [-0.15, -0.1) is 0 Å². The van der Waals surface area contributed by atoms with Gasteiger partial charge in [0.05, 0.1) is 11.9 Å². The van der Waals surface area contributed by atoms with E-state index in [1.807, 2.05) is 0 Å². The zero-order valence-electron chi connectivity index (χ0n) is 8.04. The highest BCUT2D eigenvalue weighted by Crippen LogP contribution is 2.24. The van der Waals surface area contributed by atoms with Crippen LogP contribution in [0.4, 0.5) is 0 Å². The topological polar surface area (TPSA) is 26.3 Å². The van der Waals surface area contributed by atoms with Crippen molar-refractivity contribution in [3.8, 4) is 0 Å². The summed E-state index contributed by atoms with van der Waals surface area (Å²) in [5.74, 6) is 0.796. The Morgan fingerprint density at radius 1 is 1.15 bits per heavy atom. The molecule has 2 fully saturated rings. The molecule has 1 heterocycles. The summed E-state index contributed by atoms with van der Waals surface area (Å²) in [7, 11) is -0.610. The average molecular weight is 202 g/mol. The number of ether oxygens (including phenoxy) is 1. The summed E-state index contributed by atoms with van der Waals surface area (Å²) in [4.78, 5) is 0. The fourth-order valence-corrected chi connectivity index (χ4v) is 4.01. The molecule has 0 bridgehead atoms. The van der Waals surface area contributed by atoms with Crippen molar-refractivity contribution in [1.82, 2.24) is 0 Å². The molecule has 1 aliphatic heterocycles. The van der Waals surface area contributed by atoms with Gasteiger partial charge in [-0.1, -0.05) is 12.8 Å². The maximum atomic E-state index is 11.8. The Balaban J connectivity index is 1.76. The van der Waals surface area contributed by atoms with E-state index >= 15 is 0 Å². The summed E-state index contributed by atoms with van der Waals surface area (Å²) in [5, 5.41) is 0.490. The maximum absolute atomic E-state index is 11.8. The van der Waals surface area contributed by atoms with E-state index in [-0.39, 0.29) is 0 Å². The van der Waals surface area contributed by atoms with Gasteiger partial charge in [-0.05, 0) is 25.7 Å². The molecule has 0 radical (unpaired) electrons. The van der Waals surface area contributed by atoms with Crippen LogP contribution in [0.1, 0.15) is 38.5 Å². The van der Waals surface area contributed by atoms with Gasteiger partial charge in [-0.2, -0.15) is 0 Å². The highest BCUT2D eigenvalue weighted by Gasteiger charge is 2.25. The first-order valence-corrected chi connectivity index (χ1v) is 6.73. The molecule has 2 unspecified atom stereocenters. The lowest BCUT2D eigenvalue weighted by Gasteiger charge is -2.12. The van der Waals surface area contributed by atoms with E-state index in [0.29, 0.717) is 11.4 Å². The molecule has 1 aliphatic carbocycles. The molecule has 1 saturated heterocycles. The molecule has 3 heteroatoms. The minimum Gasteiger partial charge on any atom is -0.377 e. The van der Waals surface area contributed by atoms with Crippen molar-refractivity contribution in [2.75, 3.05) is 12.4 Å². The van der Waals surface area contributed by atoms with Gasteiger partial charge < -0.3 is 4.74 Å². The standard InChI is InChI=1S/C10H18O2S/c11-13(10-5-1-2-6-10)8-9-4-3-7-12-9/h9-10H,1-8H2. The lowest BCUT2D eigenvalue weighted by atomic mass is 10.3. The highest BCUT2D eigenvalue weighted by atomic mass is 32.2. The molecule has 76 valence electrons. The van der Waals surface area contributed by atoms with Gasteiger partial charge in [0.15, 0.2) is 0 Å². The lowest BCUT2D eigenvalue weighted by Crippen LogP contribution is -2.22. The Bertz CT molecular complexity index is 181. The molecule has 1 saturated carbocycles. The second kappa shape index (κ2) is 4.56. The van der Waals surface area contributed by atoms with Crippen LogP contribution < -0.4 is 0 Å². The van der Waals surface area contributed by atoms with Gasteiger partial charge in [0.1, 0.15) is 0 Å². The second-order valence-corrected chi connectivity index (χ2v) is 5.85. The monoisotopic (exact) mass is 202 g/mol. The Morgan fingerprint density at radius 2 is 1.92 bits per heavy atom. The third-order valence-electron chi connectivity index (χ3n) is 3.05. The largest absolute Gasteiger partial charge is 0.377 e. The normalized spacial score (nSPS) is 32.5. The maximum Gasteiger partial charge on any atom is 0.0691 e. The smallest absolute Gasteiger partial charge is 0.0691 e. The van der Waals surface area contributed by atoms with Crippen LogP contribution in [0.15, 0.2) is 0 Å². The fourth-order valence-electron chi connectivity index (χ4n) is 2.25. The summed E-state index contributed by atoms with van der Waals surface area (Å²) < 4.78 is 17.3. The number of hydrogen-bond acceptors (Lipinski definition) is 2. The van der Waals surface area contributed by atoms with Crippen LogP contribution in [0.2, 0.25) is 0 Å². The van der Waals surface area contributed by atoms with E-state index < -0.39 is 10.8 Å². The molecule has 0 N–H and O–H groups in total. The molecule has 0 aromatic heterocycles. The van der Waals surface area contributed by atoms with E-state index in [9.17, 15) is 4.21 Å². The lowest BCUT2D eigenvalue weighted by molar-refractivity contribution is 0.128. The molecule has 0 aromatic rings. The van der Waals surface area contributed by atoms with Crippen molar-refractivity contribution >= 4 is 10.8 Å². The van der Waals surface area contributed by atoms with Crippen LogP contribution in [0.3, 0.4) is 0 Å². The predicted molar refractivity (Wildman–Crippen MR) is 54.2 cm³/mol. The van der Waals surface area contributed by atoms with Gasteiger partial charge in [0.25, 0.3) is 0 Å². The zero-order chi connectivity index (χ0) is 9.10. The molecule has 13 heavy (non-hydrogen) atoms. The third kappa shape index (κ3) is 2.53. The summed E-state index contributed by atoms with van der Waals surface area (Å²) in [6, 6.07) is 0. The first kappa shape index (κ1) is 9.66. The van der Waals surface area contributed by atoms with Crippen molar-refractivity contribution in [3.05, 3.63) is 0 Å². The van der Waals surface area contributed by atoms with Gasteiger partial charge in [0, 0.05) is 22.7 Å². The Hall–Kier alpha value is 0.110. The molecule has 2 nitrogen and oxygen atoms in total. The average Bonchev–Trinajstić information content (AvgIpc) is 2.74. The van der Waals surface area contributed by atoms with Gasteiger partial charge in [-0.25, -0.2) is 0 Å². The van der Waals surface area contributed by atoms with Gasteiger partial charge in [-0.3, -0.25) is 4.21 Å². The Morgan fingerprint density at radius 3 is 2.54 bits per heavy atom.